The van der Waals surface area contributed by atoms with Crippen molar-refractivity contribution >= 4 is 23.4 Å². The number of hydrogen-bond acceptors (Lipinski definition) is 3. The van der Waals surface area contributed by atoms with E-state index in [1.54, 1.807) is 18.2 Å². The molecule has 2 N–H and O–H groups in total. The summed E-state index contributed by atoms with van der Waals surface area (Å²) < 4.78 is 40.8. The van der Waals surface area contributed by atoms with E-state index >= 15 is 0 Å². The highest BCUT2D eigenvalue weighted by Crippen LogP contribution is 2.30. The van der Waals surface area contributed by atoms with Crippen molar-refractivity contribution in [3.8, 4) is 5.75 Å². The van der Waals surface area contributed by atoms with Gasteiger partial charge in [0, 0.05) is 22.9 Å². The van der Waals surface area contributed by atoms with Gasteiger partial charge in [-0.25, -0.2) is 0 Å². The Morgan fingerprint density at radius 3 is 2.65 bits per heavy atom. The zero-order valence-corrected chi connectivity index (χ0v) is 10.3. The van der Waals surface area contributed by atoms with Crippen molar-refractivity contribution in [1.82, 2.24) is 0 Å². The minimum atomic E-state index is -4.23. The largest absolute Gasteiger partial charge is 0.492 e. The van der Waals surface area contributed by atoms with Crippen molar-refractivity contribution in [3.05, 3.63) is 28.8 Å². The first-order chi connectivity index (χ1) is 7.94. The van der Waals surface area contributed by atoms with Crippen molar-refractivity contribution in [2.75, 3.05) is 12.4 Å². The van der Waals surface area contributed by atoms with Crippen molar-refractivity contribution < 1.29 is 17.9 Å². The third-order valence-electron chi connectivity index (χ3n) is 1.89. The molecule has 0 aromatic heterocycles. The Bertz CT molecular complexity index is 373. The first-order valence-corrected chi connectivity index (χ1v) is 6.11. The van der Waals surface area contributed by atoms with E-state index < -0.39 is 5.51 Å². The molecule has 96 valence electrons. The molecule has 0 aliphatic rings. The Morgan fingerprint density at radius 1 is 1.35 bits per heavy atom. The molecule has 1 aromatic carbocycles. The molecular weight excluding hydrogens is 275 g/mol. The Hall–Kier alpha value is -0.590. The minimum absolute atomic E-state index is 0.0441. The molecule has 1 aromatic rings. The smallest absolute Gasteiger partial charge is 0.441 e. The van der Waals surface area contributed by atoms with Crippen LogP contribution < -0.4 is 10.5 Å². The second-order valence-electron chi connectivity index (χ2n) is 3.06. The van der Waals surface area contributed by atoms with Crippen LogP contribution in [0.1, 0.15) is 5.56 Å². The highest BCUT2D eigenvalue weighted by atomic mass is 35.5. The average molecular weight is 286 g/mol. The summed E-state index contributed by atoms with van der Waals surface area (Å²) in [6.45, 7) is 0.138. The fourth-order valence-electron chi connectivity index (χ4n) is 1.18. The number of halogens is 4. The van der Waals surface area contributed by atoms with Crippen LogP contribution in [-0.4, -0.2) is 17.9 Å². The Labute approximate surface area is 106 Å². The van der Waals surface area contributed by atoms with Gasteiger partial charge in [-0.05, 0) is 23.9 Å². The van der Waals surface area contributed by atoms with Gasteiger partial charge in [0.05, 0.1) is 6.61 Å². The van der Waals surface area contributed by atoms with Gasteiger partial charge in [0.15, 0.2) is 0 Å². The summed E-state index contributed by atoms with van der Waals surface area (Å²) in [7, 11) is 0. The molecule has 0 radical (unpaired) electrons. The van der Waals surface area contributed by atoms with Gasteiger partial charge in [0.2, 0.25) is 0 Å². The second kappa shape index (κ2) is 6.37. The lowest BCUT2D eigenvalue weighted by Crippen LogP contribution is -2.09. The molecule has 0 heterocycles. The maximum atomic E-state index is 11.9. The molecule has 17 heavy (non-hydrogen) atoms. The van der Waals surface area contributed by atoms with E-state index in [0.29, 0.717) is 16.3 Å². The highest BCUT2D eigenvalue weighted by Gasteiger charge is 2.27. The number of nitrogens with two attached hydrogens (primary N) is 1. The summed E-state index contributed by atoms with van der Waals surface area (Å²) in [5, 5.41) is 0.452. The lowest BCUT2D eigenvalue weighted by molar-refractivity contribution is -0.0329. The molecule has 7 heteroatoms. The lowest BCUT2D eigenvalue weighted by Gasteiger charge is -2.12. The van der Waals surface area contributed by atoms with Crippen LogP contribution in [0.4, 0.5) is 13.2 Å². The van der Waals surface area contributed by atoms with Crippen molar-refractivity contribution in [2.45, 2.75) is 12.1 Å². The fraction of sp³-hybridized carbons (Fsp3) is 0.400. The van der Waals surface area contributed by atoms with Crippen LogP contribution in [-0.2, 0) is 6.54 Å². The molecule has 0 saturated carbocycles. The van der Waals surface area contributed by atoms with E-state index in [4.69, 9.17) is 22.1 Å². The van der Waals surface area contributed by atoms with Gasteiger partial charge in [0.1, 0.15) is 5.75 Å². The zero-order chi connectivity index (χ0) is 12.9. The van der Waals surface area contributed by atoms with Gasteiger partial charge < -0.3 is 10.5 Å². The quantitative estimate of drug-likeness (QED) is 0.842. The van der Waals surface area contributed by atoms with E-state index in [1.807, 2.05) is 0 Å². The first kappa shape index (κ1) is 14.5. The van der Waals surface area contributed by atoms with Gasteiger partial charge in [-0.2, -0.15) is 13.2 Å². The first-order valence-electron chi connectivity index (χ1n) is 4.75. The number of thioether (sulfide) groups is 1. The van der Waals surface area contributed by atoms with Crippen molar-refractivity contribution in [1.29, 1.82) is 0 Å². The van der Waals surface area contributed by atoms with E-state index in [2.05, 4.69) is 0 Å². The Morgan fingerprint density at radius 2 is 2.06 bits per heavy atom. The van der Waals surface area contributed by atoms with Crippen LogP contribution in [0.5, 0.6) is 5.75 Å². The number of ether oxygens (including phenoxy) is 1. The van der Waals surface area contributed by atoms with Gasteiger partial charge >= 0.3 is 5.51 Å². The number of rotatable bonds is 5. The van der Waals surface area contributed by atoms with Gasteiger partial charge in [-0.15, -0.1) is 0 Å². The van der Waals surface area contributed by atoms with Crippen LogP contribution in [0.3, 0.4) is 0 Å². The third-order valence-corrected chi connectivity index (χ3v) is 2.94. The van der Waals surface area contributed by atoms with Crippen molar-refractivity contribution in [2.24, 2.45) is 5.73 Å². The Balaban J connectivity index is 2.49. The summed E-state index contributed by atoms with van der Waals surface area (Å²) in [4.78, 5) is 0. The molecule has 0 amide bonds. The summed E-state index contributed by atoms with van der Waals surface area (Å²) >= 11 is 5.75. The zero-order valence-electron chi connectivity index (χ0n) is 8.76. The highest BCUT2D eigenvalue weighted by molar-refractivity contribution is 8.00. The SMILES string of the molecule is NCc1c(Cl)cccc1OCCSC(F)(F)F. The number of hydrogen-bond donors (Lipinski definition) is 1. The fourth-order valence-corrected chi connectivity index (χ4v) is 1.82. The van der Waals surface area contributed by atoms with E-state index in [-0.39, 0.29) is 30.7 Å². The molecule has 0 fully saturated rings. The maximum absolute atomic E-state index is 11.9. The normalized spacial score (nSPS) is 11.6. The predicted octanol–water partition coefficient (Wildman–Crippen LogP) is 3.43. The molecule has 0 aliphatic carbocycles. The van der Waals surface area contributed by atoms with Crippen LogP contribution in [0, 0.1) is 0 Å². The topological polar surface area (TPSA) is 35.2 Å². The molecule has 0 bridgehead atoms. The summed E-state index contributed by atoms with van der Waals surface area (Å²) in [5.74, 6) is 0.266. The number of alkyl halides is 3. The van der Waals surface area contributed by atoms with Crippen LogP contribution in [0.25, 0.3) is 0 Å². The Kier molecular flexibility index (Phi) is 5.42. The van der Waals surface area contributed by atoms with E-state index in [0.717, 1.165) is 0 Å². The van der Waals surface area contributed by atoms with Gasteiger partial charge in [-0.1, -0.05) is 17.7 Å². The summed E-state index contributed by atoms with van der Waals surface area (Å²) in [6.07, 6.45) is 0. The van der Waals surface area contributed by atoms with Crippen LogP contribution in [0.2, 0.25) is 5.02 Å². The number of benzene rings is 1. The molecular formula is C10H11ClF3NOS. The van der Waals surface area contributed by atoms with E-state index in [1.165, 1.54) is 0 Å². The van der Waals surface area contributed by atoms with Gasteiger partial charge in [0.25, 0.3) is 0 Å². The summed E-state index contributed by atoms with van der Waals surface area (Å²) in [6, 6.07) is 4.95. The monoisotopic (exact) mass is 285 g/mol. The van der Waals surface area contributed by atoms with E-state index in [9.17, 15) is 13.2 Å². The predicted molar refractivity (Wildman–Crippen MR) is 63.4 cm³/mol. The van der Waals surface area contributed by atoms with Crippen molar-refractivity contribution in [3.63, 3.8) is 0 Å². The molecule has 0 saturated heterocycles. The lowest BCUT2D eigenvalue weighted by atomic mass is 10.2. The average Bonchev–Trinajstić information content (AvgIpc) is 2.23. The molecule has 0 aliphatic heterocycles. The van der Waals surface area contributed by atoms with Crippen LogP contribution in [0.15, 0.2) is 18.2 Å². The molecule has 1 rings (SSSR count). The summed E-state index contributed by atoms with van der Waals surface area (Å²) in [5.41, 5.74) is 1.85. The standard InChI is InChI=1S/C10H11ClF3NOS/c11-8-2-1-3-9(7(8)6-15)16-4-5-17-10(12,13)14/h1-3H,4-6,15H2. The van der Waals surface area contributed by atoms with Gasteiger partial charge in [-0.3, -0.25) is 0 Å². The molecule has 0 spiro atoms. The third kappa shape index (κ3) is 5.06. The molecule has 2 nitrogen and oxygen atoms in total. The maximum Gasteiger partial charge on any atom is 0.441 e. The van der Waals surface area contributed by atoms with Crippen LogP contribution >= 0.6 is 23.4 Å². The molecule has 0 atom stereocenters. The minimum Gasteiger partial charge on any atom is -0.492 e. The molecule has 0 unspecified atom stereocenters. The second-order valence-corrected chi connectivity index (χ2v) is 4.63.